The fourth-order valence-electron chi connectivity index (χ4n) is 3.13. The second kappa shape index (κ2) is 9.07. The molecule has 4 nitrogen and oxygen atoms in total. The molecule has 162 valence electrons. The number of hydrogen-bond acceptors (Lipinski definition) is 3. The Morgan fingerprint density at radius 1 is 0.968 bits per heavy atom. The van der Waals surface area contributed by atoms with Crippen molar-refractivity contribution in [3.8, 4) is 16.9 Å². The normalized spacial score (nSPS) is 10.8. The first kappa shape index (κ1) is 22.1. The van der Waals surface area contributed by atoms with Crippen molar-refractivity contribution < 1.29 is 32.2 Å². The Morgan fingerprint density at radius 3 is 2.26 bits per heavy atom. The van der Waals surface area contributed by atoms with E-state index >= 15 is 0 Å². The predicted molar refractivity (Wildman–Crippen MR) is 108 cm³/mol. The first-order chi connectivity index (χ1) is 14.7. The molecule has 0 aliphatic heterocycles. The number of aliphatic carboxylic acids is 1. The van der Waals surface area contributed by atoms with Crippen LogP contribution in [-0.4, -0.2) is 17.7 Å². The monoisotopic (exact) mass is 433 g/mol. The number of carboxylic acids is 1. The fourth-order valence-corrected chi connectivity index (χ4v) is 3.13. The predicted octanol–water partition coefficient (Wildman–Crippen LogP) is 5.60. The molecule has 0 bridgehead atoms. The van der Waals surface area contributed by atoms with Gasteiger partial charge in [0.25, 0.3) is 0 Å². The highest BCUT2D eigenvalue weighted by atomic mass is 19.1. The van der Waals surface area contributed by atoms with E-state index in [1.165, 1.54) is 12.1 Å². The molecule has 0 aliphatic rings. The third-order valence-corrected chi connectivity index (χ3v) is 4.83. The topological polar surface area (TPSA) is 58.6 Å². The number of carboxylic acid groups (broad SMARTS) is 1. The standard InChI is InChI=1S/C23H19F4NO3/c1-12-5-14(15-7-17(24)9-18(25)8-15)6-16(13(12)2)10-28-23-19(26)3-4-20(22(23)27)31-11-21(29)30/h3-9,28H,10-11H2,1-2H3,(H,29,30). The quantitative estimate of drug-likeness (QED) is 0.476. The molecule has 0 atom stereocenters. The summed E-state index contributed by atoms with van der Waals surface area (Å²) in [6.07, 6.45) is 0. The van der Waals surface area contributed by atoms with Crippen LogP contribution >= 0.6 is 0 Å². The zero-order valence-corrected chi connectivity index (χ0v) is 16.7. The zero-order chi connectivity index (χ0) is 22.7. The van der Waals surface area contributed by atoms with Crippen LogP contribution in [0.15, 0.2) is 42.5 Å². The Bertz CT molecular complexity index is 1130. The van der Waals surface area contributed by atoms with Crippen molar-refractivity contribution in [3.05, 3.63) is 82.4 Å². The molecule has 0 fully saturated rings. The lowest BCUT2D eigenvalue weighted by Crippen LogP contribution is -2.12. The molecule has 3 rings (SSSR count). The number of rotatable bonds is 7. The summed E-state index contributed by atoms with van der Waals surface area (Å²) in [5, 5.41) is 11.3. The van der Waals surface area contributed by atoms with Gasteiger partial charge in [-0.15, -0.1) is 0 Å². The third kappa shape index (κ3) is 5.14. The Kier molecular flexibility index (Phi) is 6.48. The van der Waals surface area contributed by atoms with Crippen LogP contribution in [0.1, 0.15) is 16.7 Å². The van der Waals surface area contributed by atoms with Crippen LogP contribution < -0.4 is 10.1 Å². The summed E-state index contributed by atoms with van der Waals surface area (Å²) in [7, 11) is 0. The second-order valence-electron chi connectivity index (χ2n) is 7.01. The van der Waals surface area contributed by atoms with Crippen molar-refractivity contribution >= 4 is 11.7 Å². The highest BCUT2D eigenvalue weighted by Crippen LogP contribution is 2.30. The van der Waals surface area contributed by atoms with E-state index in [0.717, 1.165) is 29.3 Å². The van der Waals surface area contributed by atoms with Crippen molar-refractivity contribution in [2.24, 2.45) is 0 Å². The third-order valence-electron chi connectivity index (χ3n) is 4.83. The number of hydrogen-bond donors (Lipinski definition) is 2. The number of halogens is 4. The molecule has 0 spiro atoms. The largest absolute Gasteiger partial charge is 0.479 e. The molecule has 0 heterocycles. The number of nitrogens with one attached hydrogen (secondary N) is 1. The van der Waals surface area contributed by atoms with Gasteiger partial charge in [0.05, 0.1) is 0 Å². The van der Waals surface area contributed by atoms with E-state index in [1.54, 1.807) is 12.1 Å². The molecular formula is C23H19F4NO3. The van der Waals surface area contributed by atoms with Gasteiger partial charge in [-0.2, -0.15) is 0 Å². The number of anilines is 1. The molecule has 0 aliphatic carbocycles. The molecule has 8 heteroatoms. The van der Waals surface area contributed by atoms with Crippen molar-refractivity contribution in [3.63, 3.8) is 0 Å². The van der Waals surface area contributed by atoms with Crippen molar-refractivity contribution in [1.82, 2.24) is 0 Å². The molecule has 0 aromatic heterocycles. The maximum Gasteiger partial charge on any atom is 0.341 e. The van der Waals surface area contributed by atoms with Crippen LogP contribution in [-0.2, 0) is 11.3 Å². The van der Waals surface area contributed by atoms with Crippen LogP contribution in [0.2, 0.25) is 0 Å². The Labute approximate surface area is 176 Å². The van der Waals surface area contributed by atoms with Gasteiger partial charge in [-0.25, -0.2) is 22.4 Å². The molecule has 0 radical (unpaired) electrons. The average molecular weight is 433 g/mol. The summed E-state index contributed by atoms with van der Waals surface area (Å²) in [4.78, 5) is 10.6. The molecule has 0 unspecified atom stereocenters. The molecule has 3 aromatic rings. The Balaban J connectivity index is 1.91. The first-order valence-corrected chi connectivity index (χ1v) is 9.28. The lowest BCUT2D eigenvalue weighted by atomic mass is 9.95. The van der Waals surface area contributed by atoms with Gasteiger partial charge in [-0.1, -0.05) is 6.07 Å². The van der Waals surface area contributed by atoms with E-state index in [0.29, 0.717) is 16.7 Å². The SMILES string of the molecule is Cc1cc(-c2cc(F)cc(F)c2)cc(CNc2c(F)ccc(OCC(=O)O)c2F)c1C. The van der Waals surface area contributed by atoms with Gasteiger partial charge in [-0.05, 0) is 72.0 Å². The summed E-state index contributed by atoms with van der Waals surface area (Å²) in [6, 6.07) is 8.61. The molecule has 2 N–H and O–H groups in total. The van der Waals surface area contributed by atoms with Crippen LogP contribution in [0.4, 0.5) is 23.2 Å². The number of aryl methyl sites for hydroxylation is 1. The van der Waals surface area contributed by atoms with E-state index in [1.807, 2.05) is 13.8 Å². The highest BCUT2D eigenvalue weighted by Gasteiger charge is 2.16. The van der Waals surface area contributed by atoms with Crippen LogP contribution in [0.25, 0.3) is 11.1 Å². The maximum atomic E-state index is 14.6. The zero-order valence-electron chi connectivity index (χ0n) is 16.7. The molecule has 3 aromatic carbocycles. The Hall–Kier alpha value is -3.55. The number of ether oxygens (including phenoxy) is 1. The summed E-state index contributed by atoms with van der Waals surface area (Å²) in [5.74, 6) is -5.06. The van der Waals surface area contributed by atoms with Crippen molar-refractivity contribution in [1.29, 1.82) is 0 Å². The fraction of sp³-hybridized carbons (Fsp3) is 0.174. The van der Waals surface area contributed by atoms with Crippen molar-refractivity contribution in [2.75, 3.05) is 11.9 Å². The minimum absolute atomic E-state index is 0.00847. The minimum atomic E-state index is -1.30. The van der Waals surface area contributed by atoms with Gasteiger partial charge >= 0.3 is 5.97 Å². The van der Waals surface area contributed by atoms with Crippen LogP contribution in [0.5, 0.6) is 5.75 Å². The maximum absolute atomic E-state index is 14.6. The van der Waals surface area contributed by atoms with Gasteiger partial charge in [0.15, 0.2) is 18.2 Å². The van der Waals surface area contributed by atoms with Gasteiger partial charge in [0.1, 0.15) is 23.1 Å². The molecule has 0 saturated carbocycles. The summed E-state index contributed by atoms with van der Waals surface area (Å²) < 4.78 is 60.9. The van der Waals surface area contributed by atoms with Gasteiger partial charge in [0, 0.05) is 12.6 Å². The summed E-state index contributed by atoms with van der Waals surface area (Å²) >= 11 is 0. The van der Waals surface area contributed by atoms with Crippen LogP contribution in [0, 0.1) is 37.1 Å². The second-order valence-corrected chi connectivity index (χ2v) is 7.01. The van der Waals surface area contributed by atoms with E-state index < -0.39 is 47.3 Å². The van der Waals surface area contributed by atoms with E-state index in [9.17, 15) is 22.4 Å². The first-order valence-electron chi connectivity index (χ1n) is 9.28. The summed E-state index contributed by atoms with van der Waals surface area (Å²) in [5.41, 5.74) is 2.75. The Morgan fingerprint density at radius 2 is 1.61 bits per heavy atom. The highest BCUT2D eigenvalue weighted by molar-refractivity contribution is 5.69. The number of carbonyl (C=O) groups is 1. The molecular weight excluding hydrogens is 414 g/mol. The molecule has 0 amide bonds. The van der Waals surface area contributed by atoms with E-state index in [2.05, 4.69) is 5.32 Å². The lowest BCUT2D eigenvalue weighted by Gasteiger charge is -2.16. The minimum Gasteiger partial charge on any atom is -0.479 e. The van der Waals surface area contributed by atoms with Crippen LogP contribution in [0.3, 0.4) is 0 Å². The summed E-state index contributed by atoms with van der Waals surface area (Å²) in [6.45, 7) is 2.88. The molecule has 0 saturated heterocycles. The van der Waals surface area contributed by atoms with Gasteiger partial charge < -0.3 is 15.2 Å². The number of benzene rings is 3. The van der Waals surface area contributed by atoms with Crippen molar-refractivity contribution in [2.45, 2.75) is 20.4 Å². The average Bonchev–Trinajstić information content (AvgIpc) is 2.69. The van der Waals surface area contributed by atoms with E-state index in [-0.39, 0.29) is 6.54 Å². The molecule has 31 heavy (non-hydrogen) atoms. The lowest BCUT2D eigenvalue weighted by molar-refractivity contribution is -0.139. The van der Waals surface area contributed by atoms with E-state index in [4.69, 9.17) is 9.84 Å². The van der Waals surface area contributed by atoms with Gasteiger partial charge in [-0.3, -0.25) is 0 Å². The smallest absolute Gasteiger partial charge is 0.341 e. The van der Waals surface area contributed by atoms with Gasteiger partial charge in [0.2, 0.25) is 0 Å².